The number of hydrogen-bond acceptors (Lipinski definition) is 6. The van der Waals surface area contributed by atoms with Gasteiger partial charge in [0.15, 0.2) is 0 Å². The third kappa shape index (κ3) is 4.42. The molecule has 2 amide bonds. The summed E-state index contributed by atoms with van der Waals surface area (Å²) < 4.78 is 12.4. The van der Waals surface area contributed by atoms with E-state index in [0.717, 1.165) is 16.8 Å². The van der Waals surface area contributed by atoms with Crippen molar-refractivity contribution in [2.75, 3.05) is 24.7 Å². The van der Waals surface area contributed by atoms with Crippen LogP contribution in [-0.4, -0.2) is 70.8 Å². The Morgan fingerprint density at radius 1 is 1.31 bits per heavy atom. The van der Waals surface area contributed by atoms with Crippen LogP contribution in [0.1, 0.15) is 51.2 Å². The molecule has 2 bridgehead atoms. The fourth-order valence-electron chi connectivity index (χ4n) is 7.05. The summed E-state index contributed by atoms with van der Waals surface area (Å²) in [4.78, 5) is 45.7. The third-order valence-corrected chi connectivity index (χ3v) is 9.12. The summed E-state index contributed by atoms with van der Waals surface area (Å²) in [5.74, 6) is -2.97. The standard InChI is InChI=1S/C31H42N2O6/c1-8-11-15-38-29(37)25-24-27(35)33(22(10-3)18-34)26(31(24)17-21(6)30(25,7)39-31)28(36)32(14-9-2)23-16-19(4)12-13-20(23)5/h8-9,12-13,16,21-22,24-26,34H,1-2,10-11,14-15,17-18H2,3-7H3/t21?,22-,24-,25-,26?,30+,31?/m0/s1. The molecule has 3 unspecified atom stereocenters. The van der Waals surface area contributed by atoms with Crippen LogP contribution in [0.3, 0.4) is 0 Å². The summed E-state index contributed by atoms with van der Waals surface area (Å²) in [6, 6.07) is 4.29. The van der Waals surface area contributed by atoms with Crippen molar-refractivity contribution in [2.24, 2.45) is 17.8 Å². The lowest BCUT2D eigenvalue weighted by Gasteiger charge is -2.39. The SMILES string of the molecule is C=CCCOC(=O)[C@@H]1[C@H]2C(=O)N([C@@H](CC)CO)C(C(=O)N(CC=C)c3cc(C)ccc3C)C23CC(C)[C@@]1(C)O3. The van der Waals surface area contributed by atoms with E-state index >= 15 is 0 Å². The number of likely N-dealkylation sites (tertiary alicyclic amines) is 1. The number of rotatable bonds is 11. The molecular formula is C31H42N2O6. The lowest BCUT2D eigenvalue weighted by atomic mass is 9.62. The van der Waals surface area contributed by atoms with Crippen LogP contribution in [0.2, 0.25) is 0 Å². The Morgan fingerprint density at radius 2 is 2.03 bits per heavy atom. The Bertz CT molecular complexity index is 1160. The predicted octanol–water partition coefficient (Wildman–Crippen LogP) is 3.72. The maximum Gasteiger partial charge on any atom is 0.312 e. The Labute approximate surface area is 231 Å². The van der Waals surface area contributed by atoms with Crippen LogP contribution in [0.25, 0.3) is 0 Å². The Hall–Kier alpha value is -2.97. The number of anilines is 1. The number of aryl methyl sites for hydroxylation is 2. The minimum Gasteiger partial charge on any atom is -0.465 e. The quantitative estimate of drug-likeness (QED) is 0.262. The van der Waals surface area contributed by atoms with E-state index < -0.39 is 41.1 Å². The molecule has 39 heavy (non-hydrogen) atoms. The van der Waals surface area contributed by atoms with Gasteiger partial charge in [0.2, 0.25) is 5.91 Å². The number of amides is 2. The molecule has 3 fully saturated rings. The van der Waals surface area contributed by atoms with Gasteiger partial charge >= 0.3 is 5.97 Å². The van der Waals surface area contributed by atoms with Gasteiger partial charge in [-0.05, 0) is 63.1 Å². The minimum absolute atomic E-state index is 0.100. The first-order chi connectivity index (χ1) is 18.5. The van der Waals surface area contributed by atoms with Gasteiger partial charge in [-0.3, -0.25) is 14.4 Å². The molecule has 212 valence electrons. The van der Waals surface area contributed by atoms with E-state index in [0.29, 0.717) is 19.3 Å². The van der Waals surface area contributed by atoms with E-state index in [4.69, 9.17) is 9.47 Å². The van der Waals surface area contributed by atoms with Crippen LogP contribution in [0.4, 0.5) is 5.69 Å². The summed E-state index contributed by atoms with van der Waals surface area (Å²) in [6.45, 7) is 17.3. The summed E-state index contributed by atoms with van der Waals surface area (Å²) >= 11 is 0. The van der Waals surface area contributed by atoms with E-state index in [1.54, 1.807) is 17.1 Å². The highest BCUT2D eigenvalue weighted by Crippen LogP contribution is 2.65. The molecule has 0 radical (unpaired) electrons. The van der Waals surface area contributed by atoms with Gasteiger partial charge in [-0.15, -0.1) is 13.2 Å². The van der Waals surface area contributed by atoms with Crippen LogP contribution >= 0.6 is 0 Å². The number of carbonyl (C=O) groups is 3. The maximum atomic E-state index is 14.7. The first-order valence-electron chi connectivity index (χ1n) is 13.9. The van der Waals surface area contributed by atoms with E-state index in [1.807, 2.05) is 52.8 Å². The van der Waals surface area contributed by atoms with Crippen molar-refractivity contribution in [1.29, 1.82) is 0 Å². The molecule has 3 heterocycles. The smallest absolute Gasteiger partial charge is 0.312 e. The van der Waals surface area contributed by atoms with Crippen LogP contribution in [-0.2, 0) is 23.9 Å². The fraction of sp³-hybridized carbons (Fsp3) is 0.581. The number of fused-ring (bicyclic) bond motifs is 1. The third-order valence-electron chi connectivity index (χ3n) is 9.12. The average Bonchev–Trinajstić information content (AvgIpc) is 3.41. The molecule has 7 atom stereocenters. The largest absolute Gasteiger partial charge is 0.465 e. The Kier molecular flexibility index (Phi) is 8.11. The molecule has 1 aromatic rings. The molecule has 3 aliphatic rings. The first kappa shape index (κ1) is 29.0. The second-order valence-electron chi connectivity index (χ2n) is 11.5. The molecule has 4 rings (SSSR count). The van der Waals surface area contributed by atoms with Crippen molar-refractivity contribution in [3.63, 3.8) is 0 Å². The molecule has 1 spiro atoms. The highest BCUT2D eigenvalue weighted by molar-refractivity contribution is 6.05. The number of hydrogen-bond donors (Lipinski definition) is 1. The molecule has 8 heteroatoms. The summed E-state index contributed by atoms with van der Waals surface area (Å²) in [5, 5.41) is 10.3. The van der Waals surface area contributed by atoms with E-state index in [1.165, 1.54) is 4.90 Å². The minimum atomic E-state index is -1.22. The molecule has 3 saturated heterocycles. The van der Waals surface area contributed by atoms with E-state index in [-0.39, 0.29) is 37.5 Å². The first-order valence-corrected chi connectivity index (χ1v) is 13.9. The predicted molar refractivity (Wildman–Crippen MR) is 149 cm³/mol. The molecule has 0 aliphatic carbocycles. The molecule has 0 aromatic heterocycles. The second kappa shape index (κ2) is 10.9. The lowest BCUT2D eigenvalue weighted by molar-refractivity contribution is -0.162. The van der Waals surface area contributed by atoms with Crippen molar-refractivity contribution >= 4 is 23.5 Å². The van der Waals surface area contributed by atoms with E-state index in [2.05, 4.69) is 13.2 Å². The number of benzene rings is 1. The number of aliphatic hydroxyl groups is 1. The van der Waals surface area contributed by atoms with Gasteiger partial charge in [0.1, 0.15) is 17.6 Å². The van der Waals surface area contributed by atoms with Crippen molar-refractivity contribution in [2.45, 2.75) is 77.2 Å². The van der Waals surface area contributed by atoms with Gasteiger partial charge in [0.05, 0.1) is 30.8 Å². The van der Waals surface area contributed by atoms with Gasteiger partial charge in [-0.25, -0.2) is 0 Å². The average molecular weight is 539 g/mol. The molecule has 0 saturated carbocycles. The topological polar surface area (TPSA) is 96.4 Å². The molecule has 1 N–H and O–H groups in total. The number of carbonyl (C=O) groups excluding carboxylic acids is 3. The number of nitrogens with zero attached hydrogens (tertiary/aromatic N) is 2. The van der Waals surface area contributed by atoms with Gasteiger partial charge in [0.25, 0.3) is 5.91 Å². The Morgan fingerprint density at radius 3 is 2.64 bits per heavy atom. The normalized spacial score (nSPS) is 31.6. The monoisotopic (exact) mass is 538 g/mol. The van der Waals surface area contributed by atoms with Crippen molar-refractivity contribution < 1.29 is 29.0 Å². The maximum absolute atomic E-state index is 14.7. The Balaban J connectivity index is 1.86. The fourth-order valence-corrected chi connectivity index (χ4v) is 7.05. The van der Waals surface area contributed by atoms with Crippen molar-refractivity contribution in [3.05, 3.63) is 54.6 Å². The van der Waals surface area contributed by atoms with Crippen LogP contribution in [0, 0.1) is 31.6 Å². The van der Waals surface area contributed by atoms with Crippen LogP contribution in [0.5, 0.6) is 0 Å². The highest BCUT2D eigenvalue weighted by atomic mass is 16.6. The van der Waals surface area contributed by atoms with Gasteiger partial charge in [-0.1, -0.05) is 38.1 Å². The molecule has 8 nitrogen and oxygen atoms in total. The number of aliphatic hydroxyl groups excluding tert-OH is 1. The summed E-state index contributed by atoms with van der Waals surface area (Å²) in [7, 11) is 0. The van der Waals surface area contributed by atoms with Crippen LogP contribution < -0.4 is 4.90 Å². The lowest BCUT2D eigenvalue weighted by Crippen LogP contribution is -2.59. The van der Waals surface area contributed by atoms with Gasteiger partial charge < -0.3 is 24.4 Å². The highest BCUT2D eigenvalue weighted by Gasteiger charge is 2.80. The zero-order valence-corrected chi connectivity index (χ0v) is 23.8. The zero-order valence-electron chi connectivity index (χ0n) is 23.8. The van der Waals surface area contributed by atoms with Gasteiger partial charge in [0, 0.05) is 12.2 Å². The number of esters is 1. The summed E-state index contributed by atoms with van der Waals surface area (Å²) in [5.41, 5.74) is 0.465. The van der Waals surface area contributed by atoms with Gasteiger partial charge in [-0.2, -0.15) is 0 Å². The van der Waals surface area contributed by atoms with Crippen molar-refractivity contribution in [3.8, 4) is 0 Å². The summed E-state index contributed by atoms with van der Waals surface area (Å²) in [6.07, 6.45) is 4.72. The zero-order chi connectivity index (χ0) is 28.7. The van der Waals surface area contributed by atoms with E-state index in [9.17, 15) is 19.5 Å². The van der Waals surface area contributed by atoms with Crippen LogP contribution in [0.15, 0.2) is 43.5 Å². The second-order valence-corrected chi connectivity index (χ2v) is 11.5. The molecule has 3 aliphatic heterocycles. The van der Waals surface area contributed by atoms with Crippen molar-refractivity contribution in [1.82, 2.24) is 4.90 Å². The molecular weight excluding hydrogens is 496 g/mol. The molecule has 1 aromatic carbocycles. The number of ether oxygens (including phenoxy) is 2.